The molecule has 0 aliphatic heterocycles. The number of aryl methyl sites for hydroxylation is 2. The molecule has 0 aliphatic rings. The lowest BCUT2D eigenvalue weighted by Gasteiger charge is -2.15. The Bertz CT molecular complexity index is 1650. The summed E-state index contributed by atoms with van der Waals surface area (Å²) in [4.78, 5) is 37.4. The van der Waals surface area contributed by atoms with Gasteiger partial charge in [0.1, 0.15) is 11.6 Å². The van der Waals surface area contributed by atoms with Crippen molar-refractivity contribution in [2.45, 2.75) is 33.2 Å². The van der Waals surface area contributed by atoms with Crippen molar-refractivity contribution in [2.75, 3.05) is 16.8 Å². The van der Waals surface area contributed by atoms with E-state index in [1.165, 1.54) is 0 Å². The highest BCUT2D eigenvalue weighted by Gasteiger charge is 2.15. The summed E-state index contributed by atoms with van der Waals surface area (Å²) < 4.78 is 1.69. The number of para-hydroxylation sites is 1. The normalized spacial score (nSPS) is 10.5. The van der Waals surface area contributed by atoms with Crippen LogP contribution < -0.4 is 27.8 Å². The quantitative estimate of drug-likeness (QED) is 0.148. The maximum atomic E-state index is 13.6. The molecule has 2 heterocycles. The Kier molecular flexibility index (Phi) is 9.23. The largest absolute Gasteiger partial charge is 0.384 e. The lowest BCUT2D eigenvalue weighted by molar-refractivity contribution is 0.0706. The second-order valence-corrected chi connectivity index (χ2v) is 9.24. The van der Waals surface area contributed by atoms with Crippen molar-refractivity contribution < 1.29 is 10.0 Å². The van der Waals surface area contributed by atoms with Crippen LogP contribution in [0.1, 0.15) is 40.8 Å². The van der Waals surface area contributed by atoms with Gasteiger partial charge in [-0.05, 0) is 55.3 Å². The average Bonchev–Trinajstić information content (AvgIpc) is 2.96. The van der Waals surface area contributed by atoms with Gasteiger partial charge in [-0.2, -0.15) is 4.98 Å². The first-order chi connectivity index (χ1) is 19.8. The fraction of sp³-hybridized carbons (Fsp3) is 0.167. The molecule has 1 amide bonds. The van der Waals surface area contributed by atoms with Crippen molar-refractivity contribution >= 4 is 34.3 Å². The number of rotatable bonds is 7. The van der Waals surface area contributed by atoms with Gasteiger partial charge in [-0.1, -0.05) is 43.3 Å². The number of nitrogens with zero attached hydrogens (tertiary/aromatic N) is 4. The summed E-state index contributed by atoms with van der Waals surface area (Å²) in [6, 6.07) is 23.7. The van der Waals surface area contributed by atoms with Crippen LogP contribution in [-0.2, 0) is 13.0 Å². The average molecular weight is 553 g/mol. The summed E-state index contributed by atoms with van der Waals surface area (Å²) in [5.41, 5.74) is 16.3. The SMILES string of the molecule is CCCc1nc2cccc(NCc3ccc(C(=O)NO)cc3)c2c(=O)n1-c1ccccc1.Cc1cc(N)nc(N)n1. The van der Waals surface area contributed by atoms with Crippen LogP contribution in [0, 0.1) is 6.92 Å². The predicted octanol–water partition coefficient (Wildman–Crippen LogP) is 4.02. The number of nitrogens with two attached hydrogens (primary N) is 2. The highest BCUT2D eigenvalue weighted by Crippen LogP contribution is 2.22. The van der Waals surface area contributed by atoms with Gasteiger partial charge in [-0.25, -0.2) is 15.4 Å². The second kappa shape index (κ2) is 13.2. The number of benzene rings is 3. The van der Waals surface area contributed by atoms with E-state index >= 15 is 0 Å². The van der Waals surface area contributed by atoms with Gasteiger partial charge >= 0.3 is 0 Å². The summed E-state index contributed by atoms with van der Waals surface area (Å²) in [5.74, 6) is 0.826. The Morgan fingerprint density at radius 2 is 1.68 bits per heavy atom. The van der Waals surface area contributed by atoms with Crippen molar-refractivity contribution in [1.82, 2.24) is 25.0 Å². The third-order valence-corrected chi connectivity index (χ3v) is 6.15. The van der Waals surface area contributed by atoms with Gasteiger partial charge in [0.2, 0.25) is 5.95 Å². The molecule has 0 spiro atoms. The number of amides is 1. The van der Waals surface area contributed by atoms with E-state index in [0.29, 0.717) is 40.9 Å². The van der Waals surface area contributed by atoms with Crippen LogP contribution in [0.15, 0.2) is 83.7 Å². The Hall–Kier alpha value is -5.29. The summed E-state index contributed by atoms with van der Waals surface area (Å²) in [7, 11) is 0. The van der Waals surface area contributed by atoms with Gasteiger partial charge < -0.3 is 16.8 Å². The van der Waals surface area contributed by atoms with E-state index in [-0.39, 0.29) is 11.5 Å². The summed E-state index contributed by atoms with van der Waals surface area (Å²) in [6.45, 7) is 4.34. The molecule has 7 N–H and O–H groups in total. The summed E-state index contributed by atoms with van der Waals surface area (Å²) in [5, 5.41) is 12.6. The third kappa shape index (κ3) is 7.02. The Labute approximate surface area is 236 Å². The lowest BCUT2D eigenvalue weighted by atomic mass is 10.1. The van der Waals surface area contributed by atoms with Gasteiger partial charge in [0, 0.05) is 36.0 Å². The molecule has 3 aromatic carbocycles. The van der Waals surface area contributed by atoms with E-state index in [1.54, 1.807) is 40.4 Å². The smallest absolute Gasteiger partial charge is 0.274 e. The first kappa shape index (κ1) is 28.7. The minimum Gasteiger partial charge on any atom is -0.384 e. The van der Waals surface area contributed by atoms with Crippen LogP contribution >= 0.6 is 0 Å². The Morgan fingerprint density at radius 1 is 0.951 bits per heavy atom. The third-order valence-electron chi connectivity index (χ3n) is 6.15. The van der Waals surface area contributed by atoms with Crippen LogP contribution in [0.2, 0.25) is 0 Å². The molecule has 0 aliphatic carbocycles. The molecular weight excluding hydrogens is 520 g/mol. The van der Waals surface area contributed by atoms with Gasteiger partial charge in [0.25, 0.3) is 11.5 Å². The maximum absolute atomic E-state index is 13.6. The second-order valence-electron chi connectivity index (χ2n) is 9.24. The van der Waals surface area contributed by atoms with Crippen LogP contribution in [0.25, 0.3) is 16.6 Å². The number of hydroxylamine groups is 1. The molecule has 5 aromatic rings. The number of hydrogen-bond acceptors (Lipinski definition) is 9. The monoisotopic (exact) mass is 552 g/mol. The minimum atomic E-state index is -0.561. The molecule has 2 aromatic heterocycles. The molecule has 210 valence electrons. The molecule has 0 saturated carbocycles. The van der Waals surface area contributed by atoms with Crippen LogP contribution in [-0.4, -0.2) is 30.6 Å². The predicted molar refractivity (Wildman–Crippen MR) is 160 cm³/mol. The zero-order valence-corrected chi connectivity index (χ0v) is 22.8. The molecule has 0 unspecified atom stereocenters. The molecule has 0 radical (unpaired) electrons. The molecule has 0 saturated heterocycles. The van der Waals surface area contributed by atoms with E-state index in [1.807, 2.05) is 55.5 Å². The fourth-order valence-electron chi connectivity index (χ4n) is 4.31. The first-order valence-corrected chi connectivity index (χ1v) is 13.0. The van der Waals surface area contributed by atoms with Crippen LogP contribution in [0.5, 0.6) is 0 Å². The maximum Gasteiger partial charge on any atom is 0.274 e. The zero-order chi connectivity index (χ0) is 29.4. The first-order valence-electron chi connectivity index (χ1n) is 13.0. The van der Waals surface area contributed by atoms with Gasteiger partial charge in [0.15, 0.2) is 0 Å². The number of nitrogen functional groups attached to an aromatic ring is 2. The van der Waals surface area contributed by atoms with E-state index in [0.717, 1.165) is 29.2 Å². The van der Waals surface area contributed by atoms with Crippen LogP contribution in [0.4, 0.5) is 17.5 Å². The number of fused-ring (bicyclic) bond motifs is 1. The van der Waals surface area contributed by atoms with Crippen molar-refractivity contribution in [1.29, 1.82) is 0 Å². The van der Waals surface area contributed by atoms with Gasteiger partial charge in [-0.3, -0.25) is 19.4 Å². The Balaban J connectivity index is 0.000000367. The van der Waals surface area contributed by atoms with E-state index in [4.69, 9.17) is 21.7 Å². The molecule has 0 bridgehead atoms. The van der Waals surface area contributed by atoms with E-state index < -0.39 is 5.91 Å². The van der Waals surface area contributed by atoms with E-state index in [2.05, 4.69) is 22.2 Å². The summed E-state index contributed by atoms with van der Waals surface area (Å²) >= 11 is 0. The summed E-state index contributed by atoms with van der Waals surface area (Å²) in [6.07, 6.45) is 1.58. The van der Waals surface area contributed by atoms with Crippen molar-refractivity contribution in [3.8, 4) is 5.69 Å². The topological polar surface area (TPSA) is 174 Å². The number of carbonyl (C=O) groups excluding carboxylic acids is 1. The number of nitrogens with one attached hydrogen (secondary N) is 2. The van der Waals surface area contributed by atoms with E-state index in [9.17, 15) is 9.59 Å². The number of carbonyl (C=O) groups is 1. The molecule has 11 heteroatoms. The molecular formula is C30H32N8O3. The fourth-order valence-corrected chi connectivity index (χ4v) is 4.31. The molecule has 0 atom stereocenters. The molecule has 11 nitrogen and oxygen atoms in total. The molecule has 0 fully saturated rings. The van der Waals surface area contributed by atoms with Crippen molar-refractivity contribution in [3.63, 3.8) is 0 Å². The highest BCUT2D eigenvalue weighted by atomic mass is 16.5. The van der Waals surface area contributed by atoms with Gasteiger partial charge in [-0.15, -0.1) is 0 Å². The lowest BCUT2D eigenvalue weighted by Crippen LogP contribution is -2.24. The van der Waals surface area contributed by atoms with Crippen LogP contribution in [0.3, 0.4) is 0 Å². The van der Waals surface area contributed by atoms with Crippen molar-refractivity contribution in [3.05, 3.63) is 112 Å². The highest BCUT2D eigenvalue weighted by molar-refractivity contribution is 5.93. The number of anilines is 3. The molecule has 41 heavy (non-hydrogen) atoms. The van der Waals surface area contributed by atoms with Crippen molar-refractivity contribution in [2.24, 2.45) is 0 Å². The van der Waals surface area contributed by atoms with Gasteiger partial charge in [0.05, 0.1) is 16.6 Å². The zero-order valence-electron chi connectivity index (χ0n) is 22.8. The molecule has 5 rings (SSSR count). The number of aromatic nitrogens is 4. The number of hydrogen-bond donors (Lipinski definition) is 5. The minimum absolute atomic E-state index is 0.109. The standard InChI is InChI=1S/C25H24N4O3.C5H8N4/c1-2-7-22-27-21-11-6-10-20(23(21)25(31)29(22)19-8-4-3-5-9-19)26-16-17-12-14-18(15-13-17)24(30)28-32;1-3-2-4(6)9-5(7)8-3/h3-6,8-15,26,32H,2,7,16H2,1H3,(H,28,30);2H,1H3,(H4,6,7,8,9). The Morgan fingerprint density at radius 3 is 2.32 bits per heavy atom.